The molecule has 0 aliphatic heterocycles. The van der Waals surface area contributed by atoms with Gasteiger partial charge >= 0.3 is 0 Å². The lowest BCUT2D eigenvalue weighted by molar-refractivity contribution is 0.0939. The first kappa shape index (κ1) is 12.6. The molecule has 4 nitrogen and oxygen atoms in total. The molecule has 1 aromatic carbocycles. The number of carbonyl (C=O) groups excluding carboxylic acids is 1. The van der Waals surface area contributed by atoms with Crippen molar-refractivity contribution in [3.8, 4) is 0 Å². The Hall–Kier alpha value is -1.84. The van der Waals surface area contributed by atoms with Crippen molar-refractivity contribution < 1.29 is 4.79 Å². The van der Waals surface area contributed by atoms with Crippen molar-refractivity contribution >= 4 is 16.9 Å². The van der Waals surface area contributed by atoms with Crippen molar-refractivity contribution in [1.29, 1.82) is 0 Å². The molecule has 96 valence electrons. The molecule has 1 amide bonds. The summed E-state index contributed by atoms with van der Waals surface area (Å²) in [6.45, 7) is 6.01. The molecule has 0 bridgehead atoms. The molecular formula is C14H19N3O. The molecule has 0 saturated carbocycles. The summed E-state index contributed by atoms with van der Waals surface area (Å²) in [4.78, 5) is 16.4. The Morgan fingerprint density at radius 1 is 1.50 bits per heavy atom. The molecule has 0 radical (unpaired) electrons. The molecule has 0 aliphatic rings. The van der Waals surface area contributed by atoms with E-state index in [2.05, 4.69) is 17.2 Å². The van der Waals surface area contributed by atoms with Gasteiger partial charge in [0.05, 0.1) is 11.0 Å². The number of amides is 1. The number of carbonyl (C=O) groups is 1. The lowest BCUT2D eigenvalue weighted by Gasteiger charge is -2.11. The van der Waals surface area contributed by atoms with Gasteiger partial charge in [-0.3, -0.25) is 4.79 Å². The van der Waals surface area contributed by atoms with Crippen LogP contribution in [-0.2, 0) is 7.05 Å². The highest BCUT2D eigenvalue weighted by Gasteiger charge is 2.11. The second kappa shape index (κ2) is 4.80. The smallest absolute Gasteiger partial charge is 0.251 e. The van der Waals surface area contributed by atoms with E-state index in [4.69, 9.17) is 0 Å². The Balaban J connectivity index is 2.33. The van der Waals surface area contributed by atoms with Crippen molar-refractivity contribution in [2.75, 3.05) is 0 Å². The van der Waals surface area contributed by atoms with E-state index in [1.165, 1.54) is 0 Å². The number of nitrogens with zero attached hydrogens (tertiary/aromatic N) is 2. The first-order valence-corrected chi connectivity index (χ1v) is 6.27. The monoisotopic (exact) mass is 245 g/mol. The lowest BCUT2D eigenvalue weighted by atomic mass is 10.1. The van der Waals surface area contributed by atoms with Crippen molar-refractivity contribution in [2.24, 2.45) is 7.05 Å². The molecule has 1 aromatic heterocycles. The molecule has 0 saturated heterocycles. The summed E-state index contributed by atoms with van der Waals surface area (Å²) < 4.78 is 2.02. The van der Waals surface area contributed by atoms with Gasteiger partial charge in [0.15, 0.2) is 0 Å². The summed E-state index contributed by atoms with van der Waals surface area (Å²) in [5, 5.41) is 2.96. The predicted molar refractivity (Wildman–Crippen MR) is 72.7 cm³/mol. The highest BCUT2D eigenvalue weighted by Crippen LogP contribution is 2.16. The van der Waals surface area contributed by atoms with Crippen LogP contribution in [0.5, 0.6) is 0 Å². The lowest BCUT2D eigenvalue weighted by Crippen LogP contribution is -2.31. The maximum atomic E-state index is 12.0. The van der Waals surface area contributed by atoms with E-state index in [1.54, 1.807) is 0 Å². The molecule has 1 heterocycles. The maximum absolute atomic E-state index is 12.0. The Bertz CT molecular complexity index is 586. The van der Waals surface area contributed by atoms with Crippen molar-refractivity contribution in [3.63, 3.8) is 0 Å². The molecule has 0 unspecified atom stereocenters. The Labute approximate surface area is 107 Å². The molecule has 0 spiro atoms. The molecule has 4 heteroatoms. The van der Waals surface area contributed by atoms with Crippen LogP contribution in [0.4, 0.5) is 0 Å². The summed E-state index contributed by atoms with van der Waals surface area (Å²) in [5.74, 6) is 0.916. The third kappa shape index (κ3) is 2.23. The first-order chi connectivity index (χ1) is 8.52. The van der Waals surface area contributed by atoms with Gasteiger partial charge in [0, 0.05) is 18.7 Å². The maximum Gasteiger partial charge on any atom is 0.251 e. The summed E-state index contributed by atoms with van der Waals surface area (Å²) in [5.41, 5.74) is 2.58. The minimum Gasteiger partial charge on any atom is -0.350 e. The number of rotatable bonds is 3. The summed E-state index contributed by atoms with van der Waals surface area (Å²) >= 11 is 0. The molecule has 2 rings (SSSR count). The van der Waals surface area contributed by atoms with E-state index < -0.39 is 0 Å². The van der Waals surface area contributed by atoms with Crippen molar-refractivity contribution in [2.45, 2.75) is 33.2 Å². The van der Waals surface area contributed by atoms with Crippen LogP contribution >= 0.6 is 0 Å². The van der Waals surface area contributed by atoms with E-state index in [-0.39, 0.29) is 11.9 Å². The van der Waals surface area contributed by atoms with Crippen LogP contribution in [0.1, 0.15) is 36.5 Å². The zero-order valence-electron chi connectivity index (χ0n) is 11.3. The largest absolute Gasteiger partial charge is 0.350 e. The van der Waals surface area contributed by atoms with Crippen LogP contribution in [0.25, 0.3) is 11.0 Å². The fraction of sp³-hybridized carbons (Fsp3) is 0.429. The topological polar surface area (TPSA) is 46.9 Å². The van der Waals surface area contributed by atoms with E-state index >= 15 is 0 Å². The van der Waals surface area contributed by atoms with E-state index in [0.717, 1.165) is 23.3 Å². The van der Waals surface area contributed by atoms with Gasteiger partial charge in [0.1, 0.15) is 5.82 Å². The summed E-state index contributed by atoms with van der Waals surface area (Å²) in [6.07, 6.45) is 0.927. The number of imidazole rings is 1. The minimum atomic E-state index is -0.0328. The molecular weight excluding hydrogens is 226 g/mol. The number of hydrogen-bond donors (Lipinski definition) is 1. The van der Waals surface area contributed by atoms with Gasteiger partial charge < -0.3 is 9.88 Å². The van der Waals surface area contributed by atoms with Crippen LogP contribution in [0.3, 0.4) is 0 Å². The van der Waals surface area contributed by atoms with Crippen LogP contribution in [-0.4, -0.2) is 21.5 Å². The molecule has 0 aliphatic carbocycles. The molecule has 1 atom stereocenters. The number of nitrogens with one attached hydrogen (secondary N) is 1. The summed E-state index contributed by atoms with van der Waals surface area (Å²) in [7, 11) is 1.98. The average Bonchev–Trinajstić information content (AvgIpc) is 2.64. The van der Waals surface area contributed by atoms with Crippen LogP contribution in [0.2, 0.25) is 0 Å². The molecule has 1 N–H and O–H groups in total. The van der Waals surface area contributed by atoms with Crippen LogP contribution < -0.4 is 5.32 Å². The van der Waals surface area contributed by atoms with Gasteiger partial charge in [-0.1, -0.05) is 6.92 Å². The molecule has 0 fully saturated rings. The van der Waals surface area contributed by atoms with Gasteiger partial charge in [-0.05, 0) is 38.5 Å². The van der Waals surface area contributed by atoms with E-state index in [0.29, 0.717) is 5.56 Å². The van der Waals surface area contributed by atoms with E-state index in [9.17, 15) is 4.79 Å². The summed E-state index contributed by atoms with van der Waals surface area (Å²) in [6, 6.07) is 5.83. The Kier molecular flexibility index (Phi) is 3.36. The molecule has 2 aromatic rings. The highest BCUT2D eigenvalue weighted by atomic mass is 16.1. The second-order valence-corrected chi connectivity index (χ2v) is 4.70. The number of fused-ring (bicyclic) bond motifs is 1. The average molecular weight is 245 g/mol. The quantitative estimate of drug-likeness (QED) is 0.902. The Morgan fingerprint density at radius 2 is 2.22 bits per heavy atom. The zero-order chi connectivity index (χ0) is 13.3. The fourth-order valence-corrected chi connectivity index (χ4v) is 1.87. The number of aryl methyl sites for hydroxylation is 2. The zero-order valence-corrected chi connectivity index (χ0v) is 11.3. The third-order valence-electron chi connectivity index (χ3n) is 3.36. The van der Waals surface area contributed by atoms with Gasteiger partial charge in [-0.15, -0.1) is 0 Å². The van der Waals surface area contributed by atoms with E-state index in [1.807, 2.05) is 43.7 Å². The second-order valence-electron chi connectivity index (χ2n) is 4.70. The van der Waals surface area contributed by atoms with Gasteiger partial charge in [0.2, 0.25) is 0 Å². The van der Waals surface area contributed by atoms with Crippen molar-refractivity contribution in [1.82, 2.24) is 14.9 Å². The number of aromatic nitrogens is 2. The standard InChI is InChI=1S/C14H19N3O/c1-5-9(2)15-14(18)11-6-7-13-12(8-11)16-10(3)17(13)4/h6-9H,5H2,1-4H3,(H,15,18)/t9-/m0/s1. The number of benzene rings is 1. The SMILES string of the molecule is CC[C@H](C)NC(=O)c1ccc2c(c1)nc(C)n2C. The fourth-order valence-electron chi connectivity index (χ4n) is 1.87. The first-order valence-electron chi connectivity index (χ1n) is 6.27. The van der Waals surface area contributed by atoms with Crippen LogP contribution in [0, 0.1) is 6.92 Å². The van der Waals surface area contributed by atoms with Crippen molar-refractivity contribution in [3.05, 3.63) is 29.6 Å². The third-order valence-corrected chi connectivity index (χ3v) is 3.36. The molecule has 18 heavy (non-hydrogen) atoms. The predicted octanol–water partition coefficient (Wildman–Crippen LogP) is 2.41. The highest BCUT2D eigenvalue weighted by molar-refractivity contribution is 5.97. The van der Waals surface area contributed by atoms with Gasteiger partial charge in [0.25, 0.3) is 5.91 Å². The normalized spacial score (nSPS) is 12.7. The van der Waals surface area contributed by atoms with Gasteiger partial charge in [-0.2, -0.15) is 0 Å². The van der Waals surface area contributed by atoms with Gasteiger partial charge in [-0.25, -0.2) is 4.98 Å². The Morgan fingerprint density at radius 3 is 2.89 bits per heavy atom. The number of hydrogen-bond acceptors (Lipinski definition) is 2. The van der Waals surface area contributed by atoms with Crippen LogP contribution in [0.15, 0.2) is 18.2 Å². The minimum absolute atomic E-state index is 0.0328.